The molecule has 5 heteroatoms. The molecule has 1 unspecified atom stereocenters. The molecule has 0 spiro atoms. The molecule has 0 aliphatic carbocycles. The van der Waals surface area contributed by atoms with Crippen LogP contribution in [0.2, 0.25) is 0 Å². The van der Waals surface area contributed by atoms with Crippen molar-refractivity contribution in [3.05, 3.63) is 72.0 Å². The van der Waals surface area contributed by atoms with Crippen molar-refractivity contribution >= 4 is 33.1 Å². The Morgan fingerprint density at radius 3 is 2.69 bits per heavy atom. The van der Waals surface area contributed by atoms with Crippen LogP contribution in [0.3, 0.4) is 0 Å². The Labute approximate surface area is 149 Å². The first-order valence-electron chi connectivity index (χ1n) is 8.52. The highest BCUT2D eigenvalue weighted by Gasteiger charge is 2.26. The highest BCUT2D eigenvalue weighted by Crippen LogP contribution is 2.37. The highest BCUT2D eigenvalue weighted by molar-refractivity contribution is 6.17. The fourth-order valence-electron chi connectivity index (χ4n) is 3.59. The molecule has 3 aromatic carbocycles. The number of hydrogen-bond acceptors (Lipinski definition) is 5. The van der Waals surface area contributed by atoms with Gasteiger partial charge >= 0.3 is 0 Å². The van der Waals surface area contributed by atoms with E-state index in [-0.39, 0.29) is 11.8 Å². The largest absolute Gasteiger partial charge is 0.508 e. The molecule has 0 saturated carbocycles. The number of hydrazone groups is 1. The second-order valence-corrected chi connectivity index (χ2v) is 6.54. The maximum atomic E-state index is 9.45. The van der Waals surface area contributed by atoms with E-state index < -0.39 is 0 Å². The number of benzene rings is 3. The normalized spacial score (nSPS) is 16.8. The lowest BCUT2D eigenvalue weighted by Crippen LogP contribution is -2.09. The standard InChI is InChI=1S/C21H17N3O2/c22-20-19-15-4-2-1-3-12(15)7-10-18(19)26-21(20)17-11-16(23-24-17)13-5-8-14(25)9-6-13/h1-10,16,23,25H,11,22H2. The van der Waals surface area contributed by atoms with Crippen molar-refractivity contribution in [1.29, 1.82) is 0 Å². The van der Waals surface area contributed by atoms with Crippen molar-refractivity contribution in [3.63, 3.8) is 0 Å². The zero-order valence-corrected chi connectivity index (χ0v) is 13.9. The molecule has 1 atom stereocenters. The molecule has 0 radical (unpaired) electrons. The summed E-state index contributed by atoms with van der Waals surface area (Å²) in [5.41, 5.74) is 12.9. The van der Waals surface area contributed by atoms with Crippen LogP contribution in [0.25, 0.3) is 21.7 Å². The number of aromatic hydroxyl groups is 1. The summed E-state index contributed by atoms with van der Waals surface area (Å²) in [4.78, 5) is 0. The average molecular weight is 343 g/mol. The van der Waals surface area contributed by atoms with Gasteiger partial charge in [0, 0.05) is 6.42 Å². The number of nitrogen functional groups attached to an aromatic ring is 1. The van der Waals surface area contributed by atoms with Crippen LogP contribution in [-0.2, 0) is 0 Å². The second kappa shape index (κ2) is 5.52. The summed E-state index contributed by atoms with van der Waals surface area (Å²) in [6.07, 6.45) is 0.673. The predicted molar refractivity (Wildman–Crippen MR) is 103 cm³/mol. The van der Waals surface area contributed by atoms with Gasteiger partial charge in [0.25, 0.3) is 0 Å². The van der Waals surface area contributed by atoms with Gasteiger partial charge in [-0.25, -0.2) is 0 Å². The van der Waals surface area contributed by atoms with Gasteiger partial charge in [0.1, 0.15) is 17.0 Å². The van der Waals surface area contributed by atoms with Crippen molar-refractivity contribution in [1.82, 2.24) is 5.43 Å². The Hall–Kier alpha value is -3.47. The maximum Gasteiger partial charge on any atom is 0.174 e. The van der Waals surface area contributed by atoms with E-state index in [0.29, 0.717) is 17.9 Å². The minimum absolute atomic E-state index is 0.0370. The summed E-state index contributed by atoms with van der Waals surface area (Å²) < 4.78 is 6.06. The number of fused-ring (bicyclic) bond motifs is 3. The molecular formula is C21H17N3O2. The quantitative estimate of drug-likeness (QED) is 0.506. The van der Waals surface area contributed by atoms with Crippen LogP contribution in [0.15, 0.2) is 70.2 Å². The van der Waals surface area contributed by atoms with E-state index in [4.69, 9.17) is 10.2 Å². The van der Waals surface area contributed by atoms with E-state index in [1.807, 2.05) is 36.4 Å². The number of nitrogens with one attached hydrogen (secondary N) is 1. The lowest BCUT2D eigenvalue weighted by molar-refractivity contribution is 0.474. The molecule has 128 valence electrons. The molecule has 5 rings (SSSR count). The zero-order chi connectivity index (χ0) is 17.7. The van der Waals surface area contributed by atoms with Crippen LogP contribution >= 0.6 is 0 Å². The van der Waals surface area contributed by atoms with Crippen LogP contribution < -0.4 is 11.2 Å². The molecule has 4 N–H and O–H groups in total. The van der Waals surface area contributed by atoms with E-state index in [1.54, 1.807) is 12.1 Å². The minimum atomic E-state index is 0.0370. The predicted octanol–water partition coefficient (Wildman–Crippen LogP) is 4.31. The number of rotatable bonds is 2. The highest BCUT2D eigenvalue weighted by atomic mass is 16.3. The van der Waals surface area contributed by atoms with Gasteiger partial charge in [-0.15, -0.1) is 0 Å². The molecule has 0 saturated heterocycles. The third-order valence-corrected chi connectivity index (χ3v) is 4.93. The SMILES string of the molecule is Nc1c(C2=NNC(c3ccc(O)cc3)C2)oc2ccc3ccccc3c12. The zero-order valence-electron chi connectivity index (χ0n) is 13.9. The first-order chi connectivity index (χ1) is 12.7. The Kier molecular flexibility index (Phi) is 3.15. The summed E-state index contributed by atoms with van der Waals surface area (Å²) in [5.74, 6) is 0.881. The first-order valence-corrected chi connectivity index (χ1v) is 8.52. The average Bonchev–Trinajstić information content (AvgIpc) is 3.27. The van der Waals surface area contributed by atoms with Crippen LogP contribution in [0.1, 0.15) is 23.8 Å². The van der Waals surface area contributed by atoms with Crippen molar-refractivity contribution in [3.8, 4) is 5.75 Å². The van der Waals surface area contributed by atoms with Gasteiger partial charge in [0.15, 0.2) is 5.76 Å². The Balaban J connectivity index is 1.54. The van der Waals surface area contributed by atoms with E-state index in [2.05, 4.69) is 22.7 Å². The van der Waals surface area contributed by atoms with E-state index in [1.165, 1.54) is 0 Å². The van der Waals surface area contributed by atoms with Crippen molar-refractivity contribution < 1.29 is 9.52 Å². The third kappa shape index (κ3) is 2.21. The number of anilines is 1. The molecule has 0 fully saturated rings. The molecular weight excluding hydrogens is 326 g/mol. The fourth-order valence-corrected chi connectivity index (χ4v) is 3.59. The molecule has 1 aliphatic heterocycles. The monoisotopic (exact) mass is 343 g/mol. The van der Waals surface area contributed by atoms with Gasteiger partial charge in [0.2, 0.25) is 0 Å². The molecule has 1 aromatic heterocycles. The van der Waals surface area contributed by atoms with Crippen LogP contribution in [0, 0.1) is 0 Å². The fraction of sp³-hybridized carbons (Fsp3) is 0.0952. The number of phenolic OH excluding ortho intramolecular Hbond substituents is 1. The van der Waals surface area contributed by atoms with E-state index in [9.17, 15) is 5.11 Å². The van der Waals surface area contributed by atoms with E-state index in [0.717, 1.165) is 33.0 Å². The number of phenols is 1. The summed E-state index contributed by atoms with van der Waals surface area (Å²) in [6, 6.07) is 19.3. The molecule has 1 aliphatic rings. The molecule has 0 amide bonds. The van der Waals surface area contributed by atoms with Gasteiger partial charge < -0.3 is 20.7 Å². The topological polar surface area (TPSA) is 83.8 Å². The summed E-state index contributed by atoms with van der Waals surface area (Å²) in [7, 11) is 0. The first kappa shape index (κ1) is 14.8. The lowest BCUT2D eigenvalue weighted by atomic mass is 10.0. The van der Waals surface area contributed by atoms with Gasteiger partial charge in [-0.3, -0.25) is 0 Å². The Morgan fingerprint density at radius 2 is 1.85 bits per heavy atom. The van der Waals surface area contributed by atoms with Gasteiger partial charge in [0.05, 0.1) is 17.1 Å². The summed E-state index contributed by atoms with van der Waals surface area (Å²) in [6.45, 7) is 0. The van der Waals surface area contributed by atoms with Crippen molar-refractivity contribution in [2.45, 2.75) is 12.5 Å². The number of nitrogens with zero attached hydrogens (tertiary/aromatic N) is 1. The second-order valence-electron chi connectivity index (χ2n) is 6.54. The van der Waals surface area contributed by atoms with Crippen LogP contribution in [-0.4, -0.2) is 10.8 Å². The Bertz CT molecular complexity index is 1160. The maximum absolute atomic E-state index is 9.45. The number of nitrogens with two attached hydrogens (primary N) is 1. The minimum Gasteiger partial charge on any atom is -0.508 e. The summed E-state index contributed by atoms with van der Waals surface area (Å²) >= 11 is 0. The number of hydrogen-bond donors (Lipinski definition) is 3. The van der Waals surface area contributed by atoms with E-state index >= 15 is 0 Å². The molecule has 26 heavy (non-hydrogen) atoms. The van der Waals surface area contributed by atoms with Crippen molar-refractivity contribution in [2.75, 3.05) is 5.73 Å². The van der Waals surface area contributed by atoms with Gasteiger partial charge in [-0.05, 0) is 34.5 Å². The molecule has 0 bridgehead atoms. The molecule has 5 nitrogen and oxygen atoms in total. The lowest BCUT2D eigenvalue weighted by Gasteiger charge is -2.09. The van der Waals surface area contributed by atoms with Crippen LogP contribution in [0.5, 0.6) is 5.75 Å². The molecule has 2 heterocycles. The summed E-state index contributed by atoms with van der Waals surface area (Å²) in [5, 5.41) is 17.1. The van der Waals surface area contributed by atoms with Crippen LogP contribution in [0.4, 0.5) is 5.69 Å². The third-order valence-electron chi connectivity index (χ3n) is 4.93. The molecule has 4 aromatic rings. The van der Waals surface area contributed by atoms with Gasteiger partial charge in [-0.1, -0.05) is 42.5 Å². The number of furan rings is 1. The smallest absolute Gasteiger partial charge is 0.174 e. The Morgan fingerprint density at radius 1 is 1.04 bits per heavy atom. The van der Waals surface area contributed by atoms with Crippen molar-refractivity contribution in [2.24, 2.45) is 5.10 Å². The van der Waals surface area contributed by atoms with Gasteiger partial charge in [-0.2, -0.15) is 5.10 Å².